The van der Waals surface area contributed by atoms with Crippen molar-refractivity contribution in [3.05, 3.63) is 29.3 Å². The second kappa shape index (κ2) is 5.47. The van der Waals surface area contributed by atoms with Gasteiger partial charge in [-0.15, -0.1) is 0 Å². The molecule has 0 aromatic heterocycles. The number of hydrogen-bond donors (Lipinski definition) is 2. The molecule has 4 rings (SSSR count). The fourth-order valence-electron chi connectivity index (χ4n) is 5.79. The Balaban J connectivity index is 1.78. The number of phenolic OH excluding ortho intramolecular Hbond substituents is 1. The van der Waals surface area contributed by atoms with Crippen LogP contribution in [0.5, 0.6) is 5.75 Å². The number of benzene rings is 1. The van der Waals surface area contributed by atoms with E-state index in [4.69, 9.17) is 4.74 Å². The summed E-state index contributed by atoms with van der Waals surface area (Å²) in [4.78, 5) is 0.190. The van der Waals surface area contributed by atoms with E-state index in [1.54, 1.807) is 13.2 Å². The Hall–Kier alpha value is -0.580. The minimum absolute atomic E-state index is 0.0650. The number of phenols is 1. The number of aromatic hydroxyl groups is 1. The summed E-state index contributed by atoms with van der Waals surface area (Å²) < 4.78 is 5.92. The van der Waals surface area contributed by atoms with E-state index >= 15 is 0 Å². The summed E-state index contributed by atoms with van der Waals surface area (Å²) in [7, 11) is 1.80. The van der Waals surface area contributed by atoms with Crippen molar-refractivity contribution in [1.29, 1.82) is 0 Å². The van der Waals surface area contributed by atoms with Gasteiger partial charge in [-0.25, -0.2) is 0 Å². The molecule has 0 bridgehead atoms. The highest BCUT2D eigenvalue weighted by Gasteiger charge is 2.60. The summed E-state index contributed by atoms with van der Waals surface area (Å²) in [6.45, 7) is 2.25. The van der Waals surface area contributed by atoms with Crippen LogP contribution in [0.15, 0.2) is 18.2 Å². The normalized spacial score (nSPS) is 45.2. The Bertz CT molecular complexity index is 619. The zero-order chi connectivity index (χ0) is 16.4. The van der Waals surface area contributed by atoms with Crippen LogP contribution in [-0.2, 0) is 11.2 Å². The van der Waals surface area contributed by atoms with Crippen LogP contribution in [0.4, 0.5) is 0 Å². The van der Waals surface area contributed by atoms with Gasteiger partial charge in [-0.2, -0.15) is 0 Å². The van der Waals surface area contributed by atoms with Gasteiger partial charge in [0.25, 0.3) is 0 Å². The molecule has 0 unspecified atom stereocenters. The average Bonchev–Trinajstić information content (AvgIpc) is 2.77. The van der Waals surface area contributed by atoms with Gasteiger partial charge in [0.2, 0.25) is 0 Å². The third-order valence-electron chi connectivity index (χ3n) is 6.90. The third-order valence-corrected chi connectivity index (χ3v) is 7.77. The maximum Gasteiger partial charge on any atom is 0.115 e. The summed E-state index contributed by atoms with van der Waals surface area (Å²) in [5, 5.41) is 20.5. The number of halogens is 1. The standard InChI is InChI=1S/C19H25BrO3/c1-19-9-16(23-2)17-12-6-4-11(21)7-10(12)3-5-13(17)14(19)8-15(20)18(19)22/h4,6-7,13-18,21-22H,3,5,8-9H2,1-2H3/t13-,14-,15+,16-,17+,18-,19-/m0/s1. The molecule has 2 fully saturated rings. The lowest BCUT2D eigenvalue weighted by molar-refractivity contribution is -0.0924. The lowest BCUT2D eigenvalue weighted by Gasteiger charge is -2.53. The Morgan fingerprint density at radius 2 is 2.13 bits per heavy atom. The predicted octanol–water partition coefficient (Wildman–Crippen LogP) is 3.61. The van der Waals surface area contributed by atoms with Gasteiger partial charge in [-0.1, -0.05) is 28.9 Å². The molecule has 2 N–H and O–H groups in total. The topological polar surface area (TPSA) is 49.7 Å². The first-order chi connectivity index (χ1) is 11.0. The summed E-state index contributed by atoms with van der Waals surface area (Å²) in [6, 6.07) is 5.81. The van der Waals surface area contributed by atoms with E-state index < -0.39 is 0 Å². The van der Waals surface area contributed by atoms with Crippen molar-refractivity contribution >= 4 is 15.9 Å². The summed E-state index contributed by atoms with van der Waals surface area (Å²) in [5.74, 6) is 1.81. The number of fused-ring (bicyclic) bond motifs is 5. The average molecular weight is 381 g/mol. The van der Waals surface area contributed by atoms with Gasteiger partial charge in [0.1, 0.15) is 5.75 Å². The third kappa shape index (κ3) is 2.21. The monoisotopic (exact) mass is 380 g/mol. The van der Waals surface area contributed by atoms with E-state index in [1.807, 2.05) is 6.07 Å². The lowest BCUT2D eigenvalue weighted by atomic mass is 9.54. The highest BCUT2D eigenvalue weighted by Crippen LogP contribution is 2.62. The molecule has 0 aliphatic heterocycles. The number of aliphatic hydroxyl groups is 1. The Labute approximate surface area is 146 Å². The molecular weight excluding hydrogens is 356 g/mol. The van der Waals surface area contributed by atoms with Crippen molar-refractivity contribution in [2.24, 2.45) is 17.3 Å². The van der Waals surface area contributed by atoms with Gasteiger partial charge in [0.05, 0.1) is 12.2 Å². The van der Waals surface area contributed by atoms with E-state index in [9.17, 15) is 10.2 Å². The molecule has 0 spiro atoms. The smallest absolute Gasteiger partial charge is 0.115 e. The van der Waals surface area contributed by atoms with Crippen LogP contribution in [-0.4, -0.2) is 34.4 Å². The molecule has 0 radical (unpaired) electrons. The molecule has 0 amide bonds. The number of rotatable bonds is 1. The molecule has 1 aromatic rings. The van der Waals surface area contributed by atoms with Crippen molar-refractivity contribution in [2.75, 3.05) is 7.11 Å². The van der Waals surface area contributed by atoms with Gasteiger partial charge < -0.3 is 14.9 Å². The molecule has 1 aromatic carbocycles. The second-order valence-electron chi connectivity index (χ2n) is 7.90. The van der Waals surface area contributed by atoms with Crippen LogP contribution in [0.25, 0.3) is 0 Å². The summed E-state index contributed by atoms with van der Waals surface area (Å²) in [6.07, 6.45) is 3.91. The first kappa shape index (κ1) is 15.9. The molecule has 0 saturated heterocycles. The van der Waals surface area contributed by atoms with Crippen molar-refractivity contribution in [3.8, 4) is 5.75 Å². The van der Waals surface area contributed by atoms with Crippen molar-refractivity contribution in [3.63, 3.8) is 0 Å². The van der Waals surface area contributed by atoms with Crippen LogP contribution in [0.1, 0.15) is 43.2 Å². The van der Waals surface area contributed by atoms with Crippen molar-refractivity contribution in [2.45, 2.75) is 55.6 Å². The molecule has 4 heteroatoms. The second-order valence-corrected chi connectivity index (χ2v) is 9.07. The highest BCUT2D eigenvalue weighted by atomic mass is 79.9. The van der Waals surface area contributed by atoms with E-state index in [0.717, 1.165) is 25.7 Å². The number of alkyl halides is 1. The number of methoxy groups -OCH3 is 1. The molecule has 2 saturated carbocycles. The fourth-order valence-corrected chi connectivity index (χ4v) is 6.80. The van der Waals surface area contributed by atoms with Gasteiger partial charge in [-0.3, -0.25) is 0 Å². The molecule has 3 aliphatic carbocycles. The molecule has 3 nitrogen and oxygen atoms in total. The number of aliphatic hydroxyl groups excluding tert-OH is 1. The van der Waals surface area contributed by atoms with Crippen LogP contribution in [0.3, 0.4) is 0 Å². The maximum atomic E-state index is 10.8. The SMILES string of the molecule is CO[C@H]1C[C@]2(C)[C@@H](O)[C@H](Br)C[C@H]2[C@@H]2CCc3cc(O)ccc3[C@H]21. The Morgan fingerprint density at radius 1 is 1.35 bits per heavy atom. The molecule has 0 heterocycles. The van der Waals surface area contributed by atoms with Crippen LogP contribution in [0, 0.1) is 17.3 Å². The highest BCUT2D eigenvalue weighted by molar-refractivity contribution is 9.09. The molecule has 23 heavy (non-hydrogen) atoms. The zero-order valence-electron chi connectivity index (χ0n) is 13.7. The van der Waals surface area contributed by atoms with E-state index in [0.29, 0.717) is 23.5 Å². The largest absolute Gasteiger partial charge is 0.508 e. The molecule has 126 valence electrons. The van der Waals surface area contributed by atoms with Crippen molar-refractivity contribution < 1.29 is 14.9 Å². The van der Waals surface area contributed by atoms with Crippen LogP contribution in [0.2, 0.25) is 0 Å². The lowest BCUT2D eigenvalue weighted by Crippen LogP contribution is -2.50. The quantitative estimate of drug-likeness (QED) is 0.731. The number of hydrogen-bond acceptors (Lipinski definition) is 3. The van der Waals surface area contributed by atoms with Gasteiger partial charge in [0, 0.05) is 23.3 Å². The first-order valence-corrected chi connectivity index (χ1v) is 9.54. The minimum Gasteiger partial charge on any atom is -0.508 e. The fraction of sp³-hybridized carbons (Fsp3) is 0.684. The Kier molecular flexibility index (Phi) is 3.78. The molecule has 3 aliphatic rings. The Morgan fingerprint density at radius 3 is 2.87 bits per heavy atom. The van der Waals surface area contributed by atoms with E-state index in [-0.39, 0.29) is 22.5 Å². The van der Waals surface area contributed by atoms with Gasteiger partial charge >= 0.3 is 0 Å². The van der Waals surface area contributed by atoms with Gasteiger partial charge in [-0.05, 0) is 60.8 Å². The van der Waals surface area contributed by atoms with Crippen LogP contribution >= 0.6 is 15.9 Å². The van der Waals surface area contributed by atoms with E-state index in [1.165, 1.54) is 11.1 Å². The predicted molar refractivity (Wildman–Crippen MR) is 93.0 cm³/mol. The summed E-state index contributed by atoms with van der Waals surface area (Å²) in [5.41, 5.74) is 2.55. The first-order valence-electron chi connectivity index (χ1n) is 8.62. The van der Waals surface area contributed by atoms with Crippen LogP contribution < -0.4 is 0 Å². The van der Waals surface area contributed by atoms with Crippen molar-refractivity contribution in [1.82, 2.24) is 0 Å². The number of aryl methyl sites for hydroxylation is 1. The van der Waals surface area contributed by atoms with Gasteiger partial charge in [0.15, 0.2) is 0 Å². The maximum absolute atomic E-state index is 10.8. The zero-order valence-corrected chi connectivity index (χ0v) is 15.3. The summed E-state index contributed by atoms with van der Waals surface area (Å²) >= 11 is 3.70. The molecular formula is C19H25BrO3. The minimum atomic E-state index is -0.299. The number of ether oxygens (including phenoxy) is 1. The van der Waals surface area contributed by atoms with E-state index in [2.05, 4.69) is 28.9 Å². The molecule has 7 atom stereocenters.